The summed E-state index contributed by atoms with van der Waals surface area (Å²) in [4.78, 5) is 35.0. The van der Waals surface area contributed by atoms with Gasteiger partial charge in [0.05, 0.1) is 5.56 Å². The van der Waals surface area contributed by atoms with E-state index in [0.29, 0.717) is 11.1 Å². The van der Waals surface area contributed by atoms with Gasteiger partial charge in [-0.15, -0.1) is 0 Å². The molecule has 2 aromatic rings. The summed E-state index contributed by atoms with van der Waals surface area (Å²) in [6.45, 7) is 0.931. The van der Waals surface area contributed by atoms with Crippen LogP contribution in [0.5, 0.6) is 0 Å². The number of hydrogen-bond acceptors (Lipinski definition) is 4. The summed E-state index contributed by atoms with van der Waals surface area (Å²) >= 11 is 0. The van der Waals surface area contributed by atoms with Crippen LogP contribution in [0, 0.1) is 12.7 Å². The molecule has 23 heavy (non-hydrogen) atoms. The number of benzene rings is 2. The van der Waals surface area contributed by atoms with E-state index in [2.05, 4.69) is 5.32 Å². The average molecular weight is 315 g/mol. The first-order valence-corrected chi connectivity index (χ1v) is 6.80. The number of ether oxygens (including phenoxy) is 1. The Hall–Kier alpha value is -3.02. The van der Waals surface area contributed by atoms with E-state index in [1.807, 2.05) is 0 Å². The van der Waals surface area contributed by atoms with Crippen LogP contribution in [-0.2, 0) is 9.53 Å². The number of imide groups is 1. The molecule has 0 saturated carbocycles. The Labute approximate surface area is 132 Å². The summed E-state index contributed by atoms with van der Waals surface area (Å²) in [5.74, 6) is -2.73. The maximum absolute atomic E-state index is 13.4. The highest BCUT2D eigenvalue weighted by Crippen LogP contribution is 2.10. The molecule has 0 atom stereocenters. The Bertz CT molecular complexity index is 744. The molecule has 2 aromatic carbocycles. The van der Waals surface area contributed by atoms with Crippen molar-refractivity contribution in [2.45, 2.75) is 6.92 Å². The minimum Gasteiger partial charge on any atom is -0.452 e. The van der Waals surface area contributed by atoms with Crippen molar-refractivity contribution in [3.8, 4) is 0 Å². The summed E-state index contributed by atoms with van der Waals surface area (Å²) in [6, 6.07) is 12.0. The number of esters is 1. The lowest BCUT2D eigenvalue weighted by Crippen LogP contribution is -2.34. The van der Waals surface area contributed by atoms with Crippen molar-refractivity contribution in [3.63, 3.8) is 0 Å². The molecule has 6 heteroatoms. The van der Waals surface area contributed by atoms with Crippen LogP contribution >= 0.6 is 0 Å². The maximum atomic E-state index is 13.4. The first kappa shape index (κ1) is 16.4. The van der Waals surface area contributed by atoms with Gasteiger partial charge in [0.25, 0.3) is 11.8 Å². The lowest BCUT2D eigenvalue weighted by atomic mass is 10.1. The molecular weight excluding hydrogens is 301 g/mol. The highest BCUT2D eigenvalue weighted by molar-refractivity contribution is 6.05. The Morgan fingerprint density at radius 1 is 1.04 bits per heavy atom. The SMILES string of the molecule is Cc1ccc(C(=O)OCC(=O)NC(=O)c2ccccc2)cc1F. The van der Waals surface area contributed by atoms with Crippen LogP contribution in [0.3, 0.4) is 0 Å². The minimum absolute atomic E-state index is 0.00436. The predicted octanol–water partition coefficient (Wildman–Crippen LogP) is 2.25. The standard InChI is InChI=1S/C17H14FNO4/c1-11-7-8-13(9-14(11)18)17(22)23-10-15(20)19-16(21)12-5-3-2-4-6-12/h2-9H,10H2,1H3,(H,19,20,21). The summed E-state index contributed by atoms with van der Waals surface area (Å²) in [5, 5.41) is 2.09. The quantitative estimate of drug-likeness (QED) is 0.878. The van der Waals surface area contributed by atoms with Crippen molar-refractivity contribution in [2.24, 2.45) is 0 Å². The van der Waals surface area contributed by atoms with E-state index in [0.717, 1.165) is 6.07 Å². The number of halogens is 1. The first-order valence-electron chi connectivity index (χ1n) is 6.80. The zero-order valence-corrected chi connectivity index (χ0v) is 12.3. The van der Waals surface area contributed by atoms with Crippen LogP contribution in [0.15, 0.2) is 48.5 Å². The average Bonchev–Trinajstić information content (AvgIpc) is 2.56. The molecule has 0 aliphatic heterocycles. The molecule has 0 bridgehead atoms. The third kappa shape index (κ3) is 4.47. The molecule has 0 aromatic heterocycles. The fourth-order valence-corrected chi connectivity index (χ4v) is 1.76. The third-order valence-electron chi connectivity index (χ3n) is 3.03. The molecule has 2 amide bonds. The van der Waals surface area contributed by atoms with Gasteiger partial charge < -0.3 is 4.74 Å². The largest absolute Gasteiger partial charge is 0.452 e. The number of amides is 2. The second-order valence-electron chi connectivity index (χ2n) is 4.78. The minimum atomic E-state index is -0.841. The number of nitrogens with one attached hydrogen (secondary N) is 1. The number of hydrogen-bond donors (Lipinski definition) is 1. The monoisotopic (exact) mass is 315 g/mol. The Morgan fingerprint density at radius 3 is 2.39 bits per heavy atom. The topological polar surface area (TPSA) is 72.5 Å². The molecule has 0 unspecified atom stereocenters. The summed E-state index contributed by atoms with van der Waals surface area (Å²) in [6.07, 6.45) is 0. The van der Waals surface area contributed by atoms with Gasteiger partial charge in [-0.2, -0.15) is 0 Å². The van der Waals surface area contributed by atoms with Crippen LogP contribution in [0.2, 0.25) is 0 Å². The molecule has 2 rings (SSSR count). The van der Waals surface area contributed by atoms with E-state index in [-0.39, 0.29) is 5.56 Å². The molecule has 0 heterocycles. The molecule has 5 nitrogen and oxygen atoms in total. The second kappa shape index (κ2) is 7.31. The molecule has 0 aliphatic rings. The maximum Gasteiger partial charge on any atom is 0.338 e. The van der Waals surface area contributed by atoms with Gasteiger partial charge in [0.2, 0.25) is 0 Å². The van der Waals surface area contributed by atoms with Crippen LogP contribution in [0.1, 0.15) is 26.3 Å². The van der Waals surface area contributed by atoms with Crippen molar-refractivity contribution in [2.75, 3.05) is 6.61 Å². The second-order valence-corrected chi connectivity index (χ2v) is 4.78. The Morgan fingerprint density at radius 2 is 1.74 bits per heavy atom. The van der Waals surface area contributed by atoms with Gasteiger partial charge in [-0.3, -0.25) is 14.9 Å². The molecule has 118 valence electrons. The van der Waals surface area contributed by atoms with Crippen molar-refractivity contribution < 1.29 is 23.5 Å². The van der Waals surface area contributed by atoms with E-state index in [1.54, 1.807) is 37.3 Å². The lowest BCUT2D eigenvalue weighted by Gasteiger charge is -2.06. The normalized spacial score (nSPS) is 10.0. The Kier molecular flexibility index (Phi) is 5.19. The van der Waals surface area contributed by atoms with Crippen molar-refractivity contribution in [1.29, 1.82) is 0 Å². The number of carbonyl (C=O) groups is 3. The lowest BCUT2D eigenvalue weighted by molar-refractivity contribution is -0.123. The number of carbonyl (C=O) groups excluding carboxylic acids is 3. The van der Waals surface area contributed by atoms with Gasteiger partial charge in [-0.05, 0) is 36.8 Å². The molecular formula is C17H14FNO4. The van der Waals surface area contributed by atoms with E-state index in [9.17, 15) is 18.8 Å². The van der Waals surface area contributed by atoms with Gasteiger partial charge in [0.15, 0.2) is 6.61 Å². The van der Waals surface area contributed by atoms with Crippen LogP contribution < -0.4 is 5.32 Å². The van der Waals surface area contributed by atoms with Gasteiger partial charge in [-0.1, -0.05) is 24.3 Å². The summed E-state index contributed by atoms with van der Waals surface area (Å²) in [5.41, 5.74) is 0.704. The summed E-state index contributed by atoms with van der Waals surface area (Å²) in [7, 11) is 0. The number of aryl methyl sites for hydroxylation is 1. The van der Waals surface area contributed by atoms with E-state index < -0.39 is 30.2 Å². The first-order chi connectivity index (χ1) is 11.0. The van der Waals surface area contributed by atoms with Crippen molar-refractivity contribution in [1.82, 2.24) is 5.32 Å². The zero-order chi connectivity index (χ0) is 16.8. The highest BCUT2D eigenvalue weighted by Gasteiger charge is 2.14. The third-order valence-corrected chi connectivity index (χ3v) is 3.03. The van der Waals surface area contributed by atoms with Gasteiger partial charge in [-0.25, -0.2) is 9.18 Å². The van der Waals surface area contributed by atoms with Gasteiger partial charge in [0, 0.05) is 5.56 Å². The van der Waals surface area contributed by atoms with Gasteiger partial charge >= 0.3 is 5.97 Å². The van der Waals surface area contributed by atoms with E-state index in [1.165, 1.54) is 12.1 Å². The van der Waals surface area contributed by atoms with E-state index >= 15 is 0 Å². The molecule has 0 spiro atoms. The smallest absolute Gasteiger partial charge is 0.338 e. The van der Waals surface area contributed by atoms with Crippen molar-refractivity contribution >= 4 is 17.8 Å². The molecule has 0 saturated heterocycles. The highest BCUT2D eigenvalue weighted by atomic mass is 19.1. The zero-order valence-electron chi connectivity index (χ0n) is 12.3. The molecule has 0 radical (unpaired) electrons. The van der Waals surface area contributed by atoms with Crippen molar-refractivity contribution in [3.05, 3.63) is 71.0 Å². The van der Waals surface area contributed by atoms with Crippen LogP contribution in [0.4, 0.5) is 4.39 Å². The Balaban J connectivity index is 1.87. The fraction of sp³-hybridized carbons (Fsp3) is 0.118. The number of rotatable bonds is 4. The fourth-order valence-electron chi connectivity index (χ4n) is 1.76. The molecule has 0 aliphatic carbocycles. The molecule has 1 N–H and O–H groups in total. The van der Waals surface area contributed by atoms with Gasteiger partial charge in [0.1, 0.15) is 5.82 Å². The van der Waals surface area contributed by atoms with E-state index in [4.69, 9.17) is 4.74 Å². The predicted molar refractivity (Wildman–Crippen MR) is 80.3 cm³/mol. The molecule has 0 fully saturated rings. The van der Waals surface area contributed by atoms with Crippen LogP contribution in [0.25, 0.3) is 0 Å². The summed E-state index contributed by atoms with van der Waals surface area (Å²) < 4.78 is 18.1. The van der Waals surface area contributed by atoms with Crippen LogP contribution in [-0.4, -0.2) is 24.4 Å².